The van der Waals surface area contributed by atoms with Crippen molar-refractivity contribution < 1.29 is 17.6 Å². The van der Waals surface area contributed by atoms with Crippen LogP contribution in [0, 0.1) is 0 Å². The van der Waals surface area contributed by atoms with Gasteiger partial charge in [-0.1, -0.05) is 18.2 Å². The van der Waals surface area contributed by atoms with Crippen LogP contribution in [0.5, 0.6) is 0 Å². The number of hydrogen-bond acceptors (Lipinski definition) is 6. The zero-order valence-corrected chi connectivity index (χ0v) is 19.4. The highest BCUT2D eigenvalue weighted by Crippen LogP contribution is 2.26. The molecule has 10 heteroatoms. The zero-order valence-electron chi connectivity index (χ0n) is 17.8. The summed E-state index contributed by atoms with van der Waals surface area (Å²) in [6, 6.07) is 20.4. The molecule has 168 valence electrons. The van der Waals surface area contributed by atoms with Gasteiger partial charge in [0, 0.05) is 30.9 Å². The number of amides is 1. The van der Waals surface area contributed by atoms with Crippen LogP contribution in [-0.4, -0.2) is 42.8 Å². The largest absolute Gasteiger partial charge is 0.436 e. The zero-order chi connectivity index (χ0) is 23.6. The maximum absolute atomic E-state index is 12.5. The van der Waals surface area contributed by atoms with Crippen molar-refractivity contribution in [3.63, 3.8) is 0 Å². The second-order valence-corrected chi connectivity index (χ2v) is 9.85. The van der Waals surface area contributed by atoms with Gasteiger partial charge in [0.25, 0.3) is 5.91 Å². The summed E-state index contributed by atoms with van der Waals surface area (Å²) in [6.45, 7) is 0. The molecule has 1 heterocycles. The first kappa shape index (κ1) is 22.6. The lowest BCUT2D eigenvalue weighted by molar-refractivity contribution is 0.0977. The normalized spacial score (nSPS) is 11.5. The minimum absolute atomic E-state index is 0.0969. The third kappa shape index (κ3) is 4.92. The van der Waals surface area contributed by atoms with Crippen LogP contribution in [0.2, 0.25) is 0 Å². The van der Waals surface area contributed by atoms with Gasteiger partial charge in [0.1, 0.15) is 5.52 Å². The molecule has 4 aromatic rings. The van der Waals surface area contributed by atoms with E-state index in [1.54, 1.807) is 6.07 Å². The van der Waals surface area contributed by atoms with E-state index in [1.807, 2.05) is 42.5 Å². The van der Waals surface area contributed by atoms with E-state index in [9.17, 15) is 13.2 Å². The predicted molar refractivity (Wildman–Crippen MR) is 130 cm³/mol. The molecule has 8 nitrogen and oxygen atoms in total. The lowest BCUT2D eigenvalue weighted by atomic mass is 10.2. The molecule has 0 aliphatic heterocycles. The maximum atomic E-state index is 12.5. The maximum Gasteiger partial charge on any atom is 0.257 e. The summed E-state index contributed by atoms with van der Waals surface area (Å²) in [7, 11) is -0.681. The van der Waals surface area contributed by atoms with E-state index in [0.29, 0.717) is 17.2 Å². The quantitative estimate of drug-likeness (QED) is 0.418. The minimum atomic E-state index is -3.57. The van der Waals surface area contributed by atoms with Crippen molar-refractivity contribution in [1.29, 1.82) is 0 Å². The standard InChI is InChI=1S/C23H20N4O4S2/c1-27(2)33(29,30)18-12-10-15(11-13-18)21(28)26-23(32)24-17-7-5-6-16(14-17)22-25-19-8-3-4-9-20(19)31-22/h3-14H,1-2H3,(H2,24,26,28,32). The highest BCUT2D eigenvalue weighted by Gasteiger charge is 2.18. The molecule has 1 aromatic heterocycles. The first-order chi connectivity index (χ1) is 15.7. The van der Waals surface area contributed by atoms with Gasteiger partial charge in [-0.15, -0.1) is 0 Å². The topological polar surface area (TPSA) is 105 Å². The summed E-state index contributed by atoms with van der Waals surface area (Å²) < 4.78 is 31.2. The number of carbonyl (C=O) groups excluding carboxylic acids is 1. The number of thiocarbonyl (C=S) groups is 1. The Morgan fingerprint density at radius 2 is 1.73 bits per heavy atom. The number of oxazole rings is 1. The van der Waals surface area contributed by atoms with E-state index in [0.717, 1.165) is 15.4 Å². The van der Waals surface area contributed by atoms with E-state index < -0.39 is 15.9 Å². The molecule has 0 aliphatic carbocycles. The number of benzene rings is 3. The fourth-order valence-corrected chi connectivity index (χ4v) is 4.16. The Morgan fingerprint density at radius 3 is 2.42 bits per heavy atom. The third-order valence-corrected chi connectivity index (χ3v) is 6.82. The second-order valence-electron chi connectivity index (χ2n) is 7.29. The van der Waals surface area contributed by atoms with Crippen molar-refractivity contribution in [2.75, 3.05) is 19.4 Å². The molecule has 0 saturated carbocycles. The third-order valence-electron chi connectivity index (χ3n) is 4.78. The van der Waals surface area contributed by atoms with Crippen molar-refractivity contribution in [1.82, 2.24) is 14.6 Å². The summed E-state index contributed by atoms with van der Waals surface area (Å²) in [5.74, 6) is 0.0129. The van der Waals surface area contributed by atoms with Crippen LogP contribution in [0.4, 0.5) is 5.69 Å². The Morgan fingerprint density at radius 1 is 1.00 bits per heavy atom. The van der Waals surface area contributed by atoms with E-state index in [-0.39, 0.29) is 15.6 Å². The molecule has 0 unspecified atom stereocenters. The Balaban J connectivity index is 1.43. The number of nitrogens with one attached hydrogen (secondary N) is 2. The van der Waals surface area contributed by atoms with Crippen molar-refractivity contribution in [3.05, 3.63) is 78.4 Å². The molecule has 1 amide bonds. The Hall–Kier alpha value is -3.60. The molecule has 33 heavy (non-hydrogen) atoms. The molecule has 0 spiro atoms. The molecule has 0 radical (unpaired) electrons. The highest BCUT2D eigenvalue weighted by molar-refractivity contribution is 7.89. The molecule has 3 aromatic carbocycles. The van der Waals surface area contributed by atoms with E-state index >= 15 is 0 Å². The molecule has 0 bridgehead atoms. The number of hydrogen-bond donors (Lipinski definition) is 2. The Labute approximate surface area is 196 Å². The first-order valence-corrected chi connectivity index (χ1v) is 11.7. The molecular weight excluding hydrogens is 460 g/mol. The summed E-state index contributed by atoms with van der Waals surface area (Å²) in [4.78, 5) is 17.1. The van der Waals surface area contributed by atoms with Gasteiger partial charge < -0.3 is 9.73 Å². The van der Waals surface area contributed by atoms with Gasteiger partial charge in [-0.2, -0.15) is 0 Å². The summed E-state index contributed by atoms with van der Waals surface area (Å²) in [5.41, 5.74) is 3.13. The minimum Gasteiger partial charge on any atom is -0.436 e. The van der Waals surface area contributed by atoms with E-state index in [1.165, 1.54) is 38.4 Å². The molecule has 0 aliphatic rings. The van der Waals surface area contributed by atoms with Gasteiger partial charge in [-0.3, -0.25) is 10.1 Å². The molecule has 0 atom stereocenters. The average Bonchev–Trinajstić information content (AvgIpc) is 3.23. The van der Waals surface area contributed by atoms with Crippen molar-refractivity contribution in [2.45, 2.75) is 4.90 Å². The van der Waals surface area contributed by atoms with Gasteiger partial charge >= 0.3 is 0 Å². The SMILES string of the molecule is CN(C)S(=O)(=O)c1ccc(C(=O)NC(=S)Nc2cccc(-c3nc4ccccc4o3)c2)cc1. The van der Waals surface area contributed by atoms with Gasteiger partial charge in [-0.05, 0) is 66.8 Å². The molecule has 0 saturated heterocycles. The fraction of sp³-hybridized carbons (Fsp3) is 0.0870. The van der Waals surface area contributed by atoms with Crippen LogP contribution in [0.15, 0.2) is 82.1 Å². The van der Waals surface area contributed by atoms with Crippen LogP contribution in [-0.2, 0) is 10.0 Å². The number of para-hydroxylation sites is 2. The van der Waals surface area contributed by atoms with Crippen LogP contribution in [0.1, 0.15) is 10.4 Å². The number of carbonyl (C=O) groups is 1. The van der Waals surface area contributed by atoms with Crippen molar-refractivity contribution in [3.8, 4) is 11.5 Å². The van der Waals surface area contributed by atoms with Gasteiger partial charge in [0.2, 0.25) is 15.9 Å². The van der Waals surface area contributed by atoms with Gasteiger partial charge in [0.05, 0.1) is 4.90 Å². The summed E-state index contributed by atoms with van der Waals surface area (Å²) in [5, 5.41) is 5.65. The van der Waals surface area contributed by atoms with Gasteiger partial charge in [-0.25, -0.2) is 17.7 Å². The average molecular weight is 481 g/mol. The second kappa shape index (κ2) is 9.10. The highest BCUT2D eigenvalue weighted by atomic mass is 32.2. The first-order valence-electron chi connectivity index (χ1n) is 9.85. The Bertz CT molecular complexity index is 1410. The van der Waals surface area contributed by atoms with Crippen LogP contribution in [0.25, 0.3) is 22.6 Å². The van der Waals surface area contributed by atoms with Crippen LogP contribution in [0.3, 0.4) is 0 Å². The smallest absolute Gasteiger partial charge is 0.257 e. The van der Waals surface area contributed by atoms with Crippen molar-refractivity contribution in [2.24, 2.45) is 0 Å². The molecule has 0 fully saturated rings. The number of anilines is 1. The van der Waals surface area contributed by atoms with Crippen LogP contribution >= 0.6 is 12.2 Å². The van der Waals surface area contributed by atoms with E-state index in [4.69, 9.17) is 16.6 Å². The number of fused-ring (bicyclic) bond motifs is 1. The van der Waals surface area contributed by atoms with Gasteiger partial charge in [0.15, 0.2) is 10.7 Å². The number of aromatic nitrogens is 1. The molecule has 4 rings (SSSR count). The monoisotopic (exact) mass is 480 g/mol. The fourth-order valence-electron chi connectivity index (χ4n) is 3.05. The number of nitrogens with zero attached hydrogens (tertiary/aromatic N) is 2. The lowest BCUT2D eigenvalue weighted by Crippen LogP contribution is -2.34. The Kier molecular flexibility index (Phi) is 6.23. The number of sulfonamides is 1. The molecule has 2 N–H and O–H groups in total. The van der Waals surface area contributed by atoms with E-state index in [2.05, 4.69) is 15.6 Å². The molecular formula is C23H20N4O4S2. The summed E-state index contributed by atoms with van der Waals surface area (Å²) in [6.07, 6.45) is 0. The summed E-state index contributed by atoms with van der Waals surface area (Å²) >= 11 is 5.26. The lowest BCUT2D eigenvalue weighted by Gasteiger charge is -2.12. The van der Waals surface area contributed by atoms with Crippen LogP contribution < -0.4 is 10.6 Å². The number of rotatable bonds is 5. The predicted octanol–water partition coefficient (Wildman–Crippen LogP) is 3.87. The van der Waals surface area contributed by atoms with Crippen molar-refractivity contribution >= 4 is 50.0 Å².